The first kappa shape index (κ1) is 6.77. The third-order valence-electron chi connectivity index (χ3n) is 2.20. The molecule has 4 nitrogen and oxygen atoms in total. The highest BCUT2D eigenvalue weighted by atomic mass is 15.3. The van der Waals surface area contributed by atoms with Gasteiger partial charge in [-0.1, -0.05) is 0 Å². The van der Waals surface area contributed by atoms with Crippen LogP contribution in [0.25, 0.3) is 5.65 Å². The predicted molar refractivity (Wildman–Crippen MR) is 49.0 cm³/mol. The van der Waals surface area contributed by atoms with Crippen molar-refractivity contribution in [1.29, 1.82) is 0 Å². The first-order chi connectivity index (χ1) is 6.34. The Morgan fingerprint density at radius 3 is 3.31 bits per heavy atom. The Kier molecular flexibility index (Phi) is 1.12. The number of aliphatic imine (C=N–C) groups is 1. The molecular formula is C9H8N4. The maximum absolute atomic E-state index is 4.42. The monoisotopic (exact) mass is 172 g/mol. The van der Waals surface area contributed by atoms with Gasteiger partial charge in [0.25, 0.3) is 0 Å². The summed E-state index contributed by atoms with van der Waals surface area (Å²) < 4.78 is 1.81. The van der Waals surface area contributed by atoms with Gasteiger partial charge in [0.15, 0.2) is 5.65 Å². The Labute approximate surface area is 74.9 Å². The van der Waals surface area contributed by atoms with Crippen LogP contribution >= 0.6 is 0 Å². The highest BCUT2D eigenvalue weighted by molar-refractivity contribution is 5.91. The van der Waals surface area contributed by atoms with Gasteiger partial charge in [-0.2, -0.15) is 5.10 Å². The highest BCUT2D eigenvalue weighted by Gasteiger charge is 2.15. The normalized spacial score (nSPS) is 13.9. The molecule has 0 bridgehead atoms. The van der Waals surface area contributed by atoms with E-state index in [1.54, 1.807) is 0 Å². The molecule has 3 rings (SSSR count). The number of aromatic nitrogens is 3. The van der Waals surface area contributed by atoms with Gasteiger partial charge < -0.3 is 0 Å². The van der Waals surface area contributed by atoms with Crippen molar-refractivity contribution in [3.63, 3.8) is 0 Å². The lowest BCUT2D eigenvalue weighted by atomic mass is 10.3. The molecule has 0 aliphatic carbocycles. The molecule has 1 aliphatic rings. The molecule has 2 aromatic heterocycles. The number of hydrogen-bond acceptors (Lipinski definition) is 3. The fraction of sp³-hybridized carbons (Fsp3) is 0.222. The molecule has 0 saturated carbocycles. The Morgan fingerprint density at radius 1 is 1.46 bits per heavy atom. The number of hydrogen-bond donors (Lipinski definition) is 0. The zero-order valence-corrected chi connectivity index (χ0v) is 7.23. The molecule has 0 unspecified atom stereocenters. The second kappa shape index (κ2) is 2.16. The average Bonchev–Trinajstić information content (AvgIpc) is 2.64. The van der Waals surface area contributed by atoms with Crippen molar-refractivity contribution in [3.05, 3.63) is 29.2 Å². The van der Waals surface area contributed by atoms with Crippen molar-refractivity contribution >= 4 is 11.9 Å². The lowest BCUT2D eigenvalue weighted by Gasteiger charge is -1.93. The molecule has 3 heterocycles. The lowest BCUT2D eigenvalue weighted by molar-refractivity contribution is 0.876. The van der Waals surface area contributed by atoms with Crippen LogP contribution in [0.1, 0.15) is 17.0 Å². The summed E-state index contributed by atoms with van der Waals surface area (Å²) in [7, 11) is 0. The number of fused-ring (bicyclic) bond motifs is 3. The third-order valence-corrected chi connectivity index (χ3v) is 2.20. The van der Waals surface area contributed by atoms with E-state index in [9.17, 15) is 0 Å². The first-order valence-electron chi connectivity index (χ1n) is 4.19. The molecular weight excluding hydrogens is 164 g/mol. The number of nitrogens with zero attached hydrogens (tertiary/aromatic N) is 4. The minimum absolute atomic E-state index is 0.692. The molecule has 0 radical (unpaired) electrons. The molecule has 2 aromatic rings. The van der Waals surface area contributed by atoms with E-state index >= 15 is 0 Å². The van der Waals surface area contributed by atoms with Crippen LogP contribution in [0.2, 0.25) is 0 Å². The summed E-state index contributed by atoms with van der Waals surface area (Å²) in [6, 6.07) is 1.95. The molecule has 0 amide bonds. The summed E-state index contributed by atoms with van der Waals surface area (Å²) in [5.74, 6) is 0. The van der Waals surface area contributed by atoms with Crippen LogP contribution in [-0.4, -0.2) is 20.8 Å². The van der Waals surface area contributed by atoms with Crippen molar-refractivity contribution in [2.24, 2.45) is 4.99 Å². The Balaban J connectivity index is 2.46. The van der Waals surface area contributed by atoms with E-state index in [2.05, 4.69) is 15.1 Å². The summed E-state index contributed by atoms with van der Waals surface area (Å²) in [6.45, 7) is 2.67. The summed E-state index contributed by atoms with van der Waals surface area (Å²) in [5.41, 5.74) is 4.02. The van der Waals surface area contributed by atoms with Crippen LogP contribution in [-0.2, 0) is 6.54 Å². The molecule has 0 fully saturated rings. The van der Waals surface area contributed by atoms with E-state index in [1.807, 2.05) is 29.9 Å². The van der Waals surface area contributed by atoms with Crippen LogP contribution in [0.3, 0.4) is 0 Å². The van der Waals surface area contributed by atoms with Gasteiger partial charge in [0.1, 0.15) is 0 Å². The van der Waals surface area contributed by atoms with Gasteiger partial charge in [0.05, 0.1) is 17.8 Å². The van der Waals surface area contributed by atoms with Gasteiger partial charge in [-0.15, -0.1) is 0 Å². The Morgan fingerprint density at radius 2 is 2.38 bits per heavy atom. The SMILES string of the molecule is Cc1ccn2nc3c(c2n1)C=NC3. The molecule has 0 saturated heterocycles. The molecule has 4 heteroatoms. The third kappa shape index (κ3) is 0.824. The zero-order valence-electron chi connectivity index (χ0n) is 7.23. The van der Waals surface area contributed by atoms with E-state index in [0.29, 0.717) is 6.54 Å². The second-order valence-corrected chi connectivity index (χ2v) is 3.17. The summed E-state index contributed by atoms with van der Waals surface area (Å²) in [6.07, 6.45) is 3.79. The largest absolute Gasteiger partial charge is 0.286 e. The van der Waals surface area contributed by atoms with Crippen LogP contribution in [0.15, 0.2) is 17.3 Å². The summed E-state index contributed by atoms with van der Waals surface area (Å²) >= 11 is 0. The van der Waals surface area contributed by atoms with Gasteiger partial charge in [-0.3, -0.25) is 4.99 Å². The Bertz CT molecular complexity index is 510. The standard InChI is InChI=1S/C9H8N4/c1-6-2-3-13-9(11-6)7-4-10-5-8(7)12-13/h2-4H,5H2,1H3. The Hall–Kier alpha value is -1.71. The van der Waals surface area contributed by atoms with Gasteiger partial charge in [-0.05, 0) is 13.0 Å². The molecule has 13 heavy (non-hydrogen) atoms. The molecule has 0 N–H and O–H groups in total. The van der Waals surface area contributed by atoms with Gasteiger partial charge in [0.2, 0.25) is 0 Å². The van der Waals surface area contributed by atoms with Crippen molar-refractivity contribution in [2.45, 2.75) is 13.5 Å². The van der Waals surface area contributed by atoms with Crippen molar-refractivity contribution in [3.8, 4) is 0 Å². The van der Waals surface area contributed by atoms with E-state index in [1.165, 1.54) is 0 Å². The topological polar surface area (TPSA) is 42.5 Å². The van der Waals surface area contributed by atoms with E-state index in [-0.39, 0.29) is 0 Å². The van der Waals surface area contributed by atoms with Crippen LogP contribution in [0.4, 0.5) is 0 Å². The quantitative estimate of drug-likeness (QED) is 0.594. The van der Waals surface area contributed by atoms with Crippen molar-refractivity contribution in [2.75, 3.05) is 0 Å². The summed E-state index contributed by atoms with van der Waals surface area (Å²) in [5, 5.41) is 4.36. The van der Waals surface area contributed by atoms with E-state index in [0.717, 1.165) is 22.6 Å². The zero-order chi connectivity index (χ0) is 8.84. The molecule has 0 aromatic carbocycles. The number of rotatable bonds is 0. The van der Waals surface area contributed by atoms with Crippen LogP contribution in [0, 0.1) is 6.92 Å². The molecule has 1 aliphatic heterocycles. The minimum atomic E-state index is 0.692. The average molecular weight is 172 g/mol. The fourth-order valence-electron chi connectivity index (χ4n) is 1.55. The van der Waals surface area contributed by atoms with E-state index in [4.69, 9.17) is 0 Å². The smallest absolute Gasteiger partial charge is 0.164 e. The minimum Gasteiger partial charge on any atom is -0.286 e. The number of aryl methyl sites for hydroxylation is 1. The van der Waals surface area contributed by atoms with Crippen LogP contribution < -0.4 is 0 Å². The summed E-state index contributed by atoms with van der Waals surface area (Å²) in [4.78, 5) is 8.57. The maximum Gasteiger partial charge on any atom is 0.164 e. The maximum atomic E-state index is 4.42. The fourth-order valence-corrected chi connectivity index (χ4v) is 1.55. The van der Waals surface area contributed by atoms with E-state index < -0.39 is 0 Å². The van der Waals surface area contributed by atoms with Gasteiger partial charge >= 0.3 is 0 Å². The van der Waals surface area contributed by atoms with Crippen molar-refractivity contribution < 1.29 is 0 Å². The molecule has 0 spiro atoms. The molecule has 0 atom stereocenters. The van der Waals surface area contributed by atoms with Crippen molar-refractivity contribution in [1.82, 2.24) is 14.6 Å². The lowest BCUT2D eigenvalue weighted by Crippen LogP contribution is -1.92. The van der Waals surface area contributed by atoms with Crippen LogP contribution in [0.5, 0.6) is 0 Å². The second-order valence-electron chi connectivity index (χ2n) is 3.17. The van der Waals surface area contributed by atoms with Gasteiger partial charge in [0, 0.05) is 18.1 Å². The molecule has 64 valence electrons. The van der Waals surface area contributed by atoms with Gasteiger partial charge in [-0.25, -0.2) is 9.50 Å². The first-order valence-corrected chi connectivity index (χ1v) is 4.19. The predicted octanol–water partition coefficient (Wildman–Crippen LogP) is 0.970. The highest BCUT2D eigenvalue weighted by Crippen LogP contribution is 2.17.